The summed E-state index contributed by atoms with van der Waals surface area (Å²) in [5, 5.41) is 24.1. The second kappa shape index (κ2) is 4.04. The first-order valence-corrected chi connectivity index (χ1v) is 6.24. The van der Waals surface area contributed by atoms with E-state index in [0.29, 0.717) is 21.9 Å². The van der Waals surface area contributed by atoms with Crippen LogP contribution in [0.2, 0.25) is 0 Å². The minimum Gasteiger partial charge on any atom is -0.621 e. The third-order valence-electron chi connectivity index (χ3n) is 2.75. The molecule has 98 valence electrons. The molecule has 0 unspecified atom stereocenters. The van der Waals surface area contributed by atoms with Crippen molar-refractivity contribution in [3.63, 3.8) is 0 Å². The first-order chi connectivity index (χ1) is 8.97. The van der Waals surface area contributed by atoms with Crippen molar-refractivity contribution in [3.8, 4) is 5.75 Å². The first kappa shape index (κ1) is 12.1. The Labute approximate surface area is 113 Å². The van der Waals surface area contributed by atoms with Crippen molar-refractivity contribution in [1.82, 2.24) is 0 Å². The average molecular weight is 276 g/mol. The van der Waals surface area contributed by atoms with Gasteiger partial charge in [-0.2, -0.15) is 0 Å². The summed E-state index contributed by atoms with van der Waals surface area (Å²) in [7, 11) is 0. The Hall–Kier alpha value is -1.93. The molecule has 6 nitrogen and oxygen atoms in total. The van der Waals surface area contributed by atoms with Gasteiger partial charge in [-0.05, 0) is 18.2 Å². The van der Waals surface area contributed by atoms with Crippen LogP contribution >= 0.6 is 11.8 Å². The van der Waals surface area contributed by atoms with Gasteiger partial charge in [0.05, 0.1) is 11.2 Å². The molecular formula is C12H10N3O3S-. The predicted octanol–water partition coefficient (Wildman–Crippen LogP) is 2.16. The van der Waals surface area contributed by atoms with Gasteiger partial charge in [0.25, 0.3) is 0 Å². The highest BCUT2D eigenvalue weighted by molar-refractivity contribution is 8.11. The van der Waals surface area contributed by atoms with E-state index in [9.17, 15) is 10.4 Å². The Morgan fingerprint density at radius 3 is 2.79 bits per heavy atom. The molecule has 2 heterocycles. The lowest BCUT2D eigenvalue weighted by Gasteiger charge is -2.45. The molecule has 1 aromatic rings. The lowest BCUT2D eigenvalue weighted by Crippen LogP contribution is -2.31. The molecule has 1 aromatic carbocycles. The Morgan fingerprint density at radius 2 is 2.00 bits per heavy atom. The summed E-state index contributed by atoms with van der Waals surface area (Å²) in [6.45, 7) is 0. The van der Waals surface area contributed by atoms with Gasteiger partial charge < -0.3 is 31.4 Å². The molecule has 0 fully saturated rings. The van der Waals surface area contributed by atoms with Crippen molar-refractivity contribution < 1.29 is 9.55 Å². The molecule has 19 heavy (non-hydrogen) atoms. The zero-order valence-electron chi connectivity index (χ0n) is 9.70. The SMILES string of the molecule is NC1=C[N+]([O-])([O-])C2=C(S1)c1cc(N)ccc1OC=C2. The number of thioether (sulfide) groups is 1. The van der Waals surface area contributed by atoms with Gasteiger partial charge in [0.15, 0.2) is 5.70 Å². The monoisotopic (exact) mass is 276 g/mol. The first-order valence-electron chi connectivity index (χ1n) is 5.42. The van der Waals surface area contributed by atoms with Crippen LogP contribution in [0.15, 0.2) is 47.5 Å². The predicted molar refractivity (Wildman–Crippen MR) is 74.4 cm³/mol. The molecule has 0 aromatic heterocycles. The van der Waals surface area contributed by atoms with Gasteiger partial charge in [-0.15, -0.1) is 0 Å². The van der Waals surface area contributed by atoms with Crippen molar-refractivity contribution in [1.29, 1.82) is 0 Å². The summed E-state index contributed by atoms with van der Waals surface area (Å²) in [6, 6.07) is 5.02. The standard InChI is InChI=1S/C12H10N3O3S/c13-7-1-2-10-8(5-7)12-9(3-4-18-10)15(16,17)6-11(14)19-12/h1-6H,13-14H2/q-1. The van der Waals surface area contributed by atoms with Crippen LogP contribution in [0.1, 0.15) is 5.56 Å². The van der Waals surface area contributed by atoms with E-state index in [4.69, 9.17) is 16.2 Å². The lowest BCUT2D eigenvalue weighted by atomic mass is 10.1. The maximum Gasteiger partial charge on any atom is 0.155 e. The Balaban J connectivity index is 2.26. The van der Waals surface area contributed by atoms with Crippen molar-refractivity contribution in [2.75, 3.05) is 5.73 Å². The molecule has 7 heteroatoms. The zero-order chi connectivity index (χ0) is 13.6. The van der Waals surface area contributed by atoms with E-state index in [2.05, 4.69) is 0 Å². The molecule has 0 saturated heterocycles. The number of nitrogens with zero attached hydrogens (tertiary/aromatic N) is 1. The fourth-order valence-electron chi connectivity index (χ4n) is 1.95. The number of hydrogen-bond acceptors (Lipinski definition) is 6. The van der Waals surface area contributed by atoms with Crippen molar-refractivity contribution in [2.45, 2.75) is 0 Å². The van der Waals surface area contributed by atoms with Crippen LogP contribution in [-0.2, 0) is 0 Å². The maximum atomic E-state index is 12.0. The number of allylic oxidation sites excluding steroid dienone is 1. The van der Waals surface area contributed by atoms with Gasteiger partial charge >= 0.3 is 0 Å². The number of nitrogen functional groups attached to an aromatic ring is 1. The van der Waals surface area contributed by atoms with Gasteiger partial charge in [0.1, 0.15) is 17.0 Å². The molecule has 0 aliphatic carbocycles. The smallest absolute Gasteiger partial charge is 0.155 e. The zero-order valence-corrected chi connectivity index (χ0v) is 10.5. The largest absolute Gasteiger partial charge is 0.621 e. The minimum atomic E-state index is -1.91. The molecule has 0 amide bonds. The van der Waals surface area contributed by atoms with Gasteiger partial charge in [0.2, 0.25) is 0 Å². The van der Waals surface area contributed by atoms with Crippen LogP contribution < -0.4 is 16.2 Å². The van der Waals surface area contributed by atoms with E-state index >= 15 is 0 Å². The van der Waals surface area contributed by atoms with Crippen molar-refractivity contribution in [2.24, 2.45) is 5.73 Å². The summed E-state index contributed by atoms with van der Waals surface area (Å²) >= 11 is 1.15. The van der Waals surface area contributed by atoms with Crippen molar-refractivity contribution in [3.05, 3.63) is 63.4 Å². The third-order valence-corrected chi connectivity index (χ3v) is 3.73. The van der Waals surface area contributed by atoms with Gasteiger partial charge in [0, 0.05) is 17.3 Å². The molecule has 0 spiro atoms. The van der Waals surface area contributed by atoms with Crippen molar-refractivity contribution >= 4 is 22.4 Å². The molecule has 3 rings (SSSR count). The highest BCUT2D eigenvalue weighted by Crippen LogP contribution is 2.47. The topological polar surface area (TPSA) is 107 Å². The highest BCUT2D eigenvalue weighted by Gasteiger charge is 2.28. The number of anilines is 1. The van der Waals surface area contributed by atoms with E-state index in [0.717, 1.165) is 18.0 Å². The van der Waals surface area contributed by atoms with Gasteiger partial charge in [-0.3, -0.25) is 0 Å². The summed E-state index contributed by atoms with van der Waals surface area (Å²) < 4.78 is 5.38. The van der Waals surface area contributed by atoms with E-state index < -0.39 is 4.81 Å². The minimum absolute atomic E-state index is 0.0311. The second-order valence-electron chi connectivity index (χ2n) is 4.12. The van der Waals surface area contributed by atoms with Crippen LogP contribution in [0, 0.1) is 10.4 Å². The maximum absolute atomic E-state index is 12.0. The second-order valence-corrected chi connectivity index (χ2v) is 5.20. The number of ether oxygens (including phenoxy) is 1. The molecule has 2 aliphatic heterocycles. The van der Waals surface area contributed by atoms with Crippen LogP contribution in [0.25, 0.3) is 4.91 Å². The molecule has 4 N–H and O–H groups in total. The number of hydrogen-bond donors (Lipinski definition) is 2. The van der Waals surface area contributed by atoms with E-state index in [1.54, 1.807) is 18.2 Å². The summed E-state index contributed by atoms with van der Waals surface area (Å²) in [6.07, 6.45) is 3.59. The Bertz CT molecular complexity index is 650. The molecule has 0 atom stereocenters. The van der Waals surface area contributed by atoms with Crippen LogP contribution in [0.5, 0.6) is 5.75 Å². The number of quaternary nitrogens is 1. The quantitative estimate of drug-likeness (QED) is 0.427. The number of rotatable bonds is 0. The number of benzene rings is 1. The van der Waals surface area contributed by atoms with Gasteiger partial charge in [-0.1, -0.05) is 11.8 Å². The van der Waals surface area contributed by atoms with Crippen LogP contribution in [0.3, 0.4) is 0 Å². The molecule has 2 aliphatic rings. The molecule has 0 saturated carbocycles. The number of hydroxylamine groups is 4. The Morgan fingerprint density at radius 1 is 1.21 bits per heavy atom. The average Bonchev–Trinajstić information content (AvgIpc) is 2.48. The fourth-order valence-corrected chi connectivity index (χ4v) is 2.94. The van der Waals surface area contributed by atoms with E-state index in [1.165, 1.54) is 12.3 Å². The Kier molecular flexibility index (Phi) is 2.58. The number of nitrogens with two attached hydrogens (primary N) is 2. The molecule has 0 bridgehead atoms. The third kappa shape index (κ3) is 1.98. The lowest BCUT2D eigenvalue weighted by molar-refractivity contribution is -0.728. The number of fused-ring (bicyclic) bond motifs is 2. The highest BCUT2D eigenvalue weighted by atomic mass is 32.2. The summed E-state index contributed by atoms with van der Waals surface area (Å²) in [4.78, 5) is -1.44. The normalized spacial score (nSPS) is 20.0. The molecular weight excluding hydrogens is 266 g/mol. The molecule has 0 radical (unpaired) electrons. The summed E-state index contributed by atoms with van der Waals surface area (Å²) in [5.41, 5.74) is 12.5. The van der Waals surface area contributed by atoms with Crippen LogP contribution in [-0.4, -0.2) is 4.81 Å². The van der Waals surface area contributed by atoms with Crippen LogP contribution in [0.4, 0.5) is 5.69 Å². The van der Waals surface area contributed by atoms with E-state index in [1.807, 2.05) is 0 Å². The van der Waals surface area contributed by atoms with E-state index in [-0.39, 0.29) is 10.7 Å². The fraction of sp³-hybridized carbons (Fsp3) is 0. The van der Waals surface area contributed by atoms with Gasteiger partial charge in [-0.25, -0.2) is 0 Å². The summed E-state index contributed by atoms with van der Waals surface area (Å²) in [5.74, 6) is 0.526.